The van der Waals surface area contributed by atoms with Crippen molar-refractivity contribution in [2.24, 2.45) is 0 Å². The second-order valence-corrected chi connectivity index (χ2v) is 27.8. The summed E-state index contributed by atoms with van der Waals surface area (Å²) >= 11 is 0. The molecule has 0 amide bonds. The van der Waals surface area contributed by atoms with E-state index in [1.54, 1.807) is 0 Å². The summed E-state index contributed by atoms with van der Waals surface area (Å²) in [4.78, 5) is 12.0. The lowest BCUT2D eigenvalue weighted by atomic mass is 9.85. The van der Waals surface area contributed by atoms with E-state index in [-0.39, 0.29) is 11.5 Å². The lowest BCUT2D eigenvalue weighted by molar-refractivity contribution is -0.477. The average Bonchev–Trinajstić information content (AvgIpc) is 0.755. The number of carbonyl (C=O) groups excluding carboxylic acids is 1. The summed E-state index contributed by atoms with van der Waals surface area (Å²) < 4.78 is 385. The van der Waals surface area contributed by atoms with Gasteiger partial charge in [-0.2, -0.15) is 101 Å². The number of hydrogen-bond donors (Lipinski definition) is 0. The highest BCUT2D eigenvalue weighted by Gasteiger charge is 2.99. The Morgan fingerprint density at radius 1 is 0.314 bits per heavy atom. The van der Waals surface area contributed by atoms with Gasteiger partial charge in [-0.25, -0.2) is 4.79 Å². The Labute approximate surface area is 481 Å². The van der Waals surface area contributed by atoms with E-state index >= 15 is 43.9 Å². The lowest BCUT2D eigenvalue weighted by Gasteiger charge is -2.46. The molecule has 0 radical (unpaired) electrons. The highest BCUT2D eigenvalue weighted by atomic mass is 32.3. The van der Waals surface area contributed by atoms with E-state index in [0.29, 0.717) is 0 Å². The number of halogens is 23. The molecule has 0 aliphatic rings. The largest absolute Gasteiger partial charge is 0.488 e. The van der Waals surface area contributed by atoms with Crippen LogP contribution in [0.2, 0.25) is 0 Å². The van der Waals surface area contributed by atoms with Gasteiger partial charge in [0.2, 0.25) is 0 Å². The predicted molar refractivity (Wildman–Crippen MR) is 266 cm³/mol. The first-order valence-corrected chi connectivity index (χ1v) is 26.5. The van der Waals surface area contributed by atoms with Gasteiger partial charge in [0.25, 0.3) is 0 Å². The Balaban J connectivity index is 2.87. The molecule has 0 bridgehead atoms. The molecule has 0 N–H and O–H groups in total. The van der Waals surface area contributed by atoms with Crippen molar-refractivity contribution in [3.8, 4) is 34.5 Å². The van der Waals surface area contributed by atoms with Gasteiger partial charge in [-0.15, -0.1) is 0 Å². The molecule has 0 heterocycles. The first-order valence-electron chi connectivity index (χ1n) is 25.0. The van der Waals surface area contributed by atoms with E-state index in [2.05, 4.69) is 0 Å². The highest BCUT2D eigenvalue weighted by Crippen LogP contribution is 2.79. The first kappa shape index (κ1) is 74.9. The number of benzene rings is 3. The van der Waals surface area contributed by atoms with Gasteiger partial charge < -0.3 is 32.6 Å². The maximum absolute atomic E-state index is 17.0. The van der Waals surface area contributed by atoms with E-state index in [1.807, 2.05) is 0 Å². The van der Waals surface area contributed by atoms with E-state index in [0.717, 1.165) is 48.5 Å². The van der Waals surface area contributed by atoms with Crippen molar-refractivity contribution >= 4 is 16.3 Å². The molecule has 494 valence electrons. The fraction of sp³-hybridized carbons (Fsp3) is 0.648. The monoisotopic (exact) mass is 1310 g/mol. The molecular formula is C54H63F23O8S. The molecule has 32 heteroatoms. The fourth-order valence-corrected chi connectivity index (χ4v) is 10.6. The minimum atomic E-state index is -9.69. The topological polar surface area (TPSA) is 81.7 Å². The lowest BCUT2D eigenvalue weighted by Crippen LogP contribution is -2.78. The molecule has 3 aromatic carbocycles. The molecule has 86 heavy (non-hydrogen) atoms. The molecule has 3 rings (SSSR count). The molecule has 0 atom stereocenters. The summed E-state index contributed by atoms with van der Waals surface area (Å²) in [5.41, 5.74) is -8.77. The van der Waals surface area contributed by atoms with Crippen molar-refractivity contribution in [3.63, 3.8) is 0 Å². The van der Waals surface area contributed by atoms with Crippen LogP contribution in [0.4, 0.5) is 101 Å². The van der Waals surface area contributed by atoms with Gasteiger partial charge in [0, 0.05) is 39.5 Å². The Morgan fingerprint density at radius 2 is 0.535 bits per heavy atom. The Bertz CT molecular complexity index is 2730. The van der Waals surface area contributed by atoms with E-state index in [9.17, 15) is 61.9 Å². The van der Waals surface area contributed by atoms with Crippen LogP contribution in [0.1, 0.15) is 125 Å². The summed E-state index contributed by atoms with van der Waals surface area (Å²) in [5, 5.41) is 0. The average molecular weight is 1310 g/mol. The SMILES string of the molecule is CC(C)(C)Oc1cc(OC(C)(C)C)c(S(OC(=O)C(F)(F)C(F)(F)C(F)(F)C(F)(F)C(F)(F)C(F)(F)C(F)(F)C(F)(F)C(F)(F)C(F)(F)C(F)(F)F)(c2ccccc2)c2c(OC(C)(C)C)cc(OC(C)(C)C)cc2OC(C)(C)C)c(OC(C)(C)C)c1. The van der Waals surface area contributed by atoms with Crippen molar-refractivity contribution in [1.29, 1.82) is 0 Å². The molecule has 0 fully saturated rings. The van der Waals surface area contributed by atoms with E-state index in [1.165, 1.54) is 131 Å². The van der Waals surface area contributed by atoms with Gasteiger partial charge in [-0.1, -0.05) is 18.2 Å². The highest BCUT2D eigenvalue weighted by molar-refractivity contribution is 8.30. The van der Waals surface area contributed by atoms with Crippen LogP contribution < -0.4 is 28.4 Å². The van der Waals surface area contributed by atoms with Gasteiger partial charge >= 0.3 is 71.4 Å². The number of alkyl halides is 23. The maximum atomic E-state index is 17.0. The smallest absolute Gasteiger partial charge is 0.460 e. The van der Waals surface area contributed by atoms with Crippen LogP contribution in [-0.2, 0) is 8.98 Å². The van der Waals surface area contributed by atoms with E-state index in [4.69, 9.17) is 32.6 Å². The van der Waals surface area contributed by atoms with Crippen molar-refractivity contribution in [2.45, 2.75) is 238 Å². The van der Waals surface area contributed by atoms with Gasteiger partial charge in [0.05, 0.1) is 0 Å². The van der Waals surface area contributed by atoms with Gasteiger partial charge in [0.15, 0.2) is 0 Å². The normalized spacial score (nSPS) is 15.3. The summed E-state index contributed by atoms with van der Waals surface area (Å²) in [7, 11) is -5.48. The van der Waals surface area contributed by atoms with Crippen LogP contribution >= 0.6 is 10.3 Å². The molecule has 0 saturated heterocycles. The fourth-order valence-electron chi connectivity index (χ4n) is 7.25. The number of carbonyl (C=O) groups is 1. The summed E-state index contributed by atoms with van der Waals surface area (Å²) in [6.45, 7) is 25.0. The molecule has 3 aromatic rings. The van der Waals surface area contributed by atoms with Crippen molar-refractivity contribution in [1.82, 2.24) is 0 Å². The van der Waals surface area contributed by atoms with Crippen molar-refractivity contribution in [2.75, 3.05) is 0 Å². The Hall–Kier alpha value is -5.33. The third-order valence-corrected chi connectivity index (χ3v) is 13.8. The third-order valence-electron chi connectivity index (χ3n) is 10.5. The molecule has 0 unspecified atom stereocenters. The Morgan fingerprint density at radius 3 is 0.756 bits per heavy atom. The number of rotatable bonds is 20. The maximum Gasteiger partial charge on any atom is 0.460 e. The van der Waals surface area contributed by atoms with Crippen molar-refractivity contribution < 1.29 is 138 Å². The molecule has 0 saturated carbocycles. The molecular weight excluding hydrogens is 1250 g/mol. The van der Waals surface area contributed by atoms with Crippen LogP contribution in [0.3, 0.4) is 0 Å². The second kappa shape index (κ2) is 22.3. The minimum absolute atomic E-state index is 0.281. The third kappa shape index (κ3) is 14.1. The van der Waals surface area contributed by atoms with Crippen LogP contribution in [0, 0.1) is 0 Å². The second-order valence-electron chi connectivity index (χ2n) is 25.3. The van der Waals surface area contributed by atoms with Crippen LogP contribution in [0.5, 0.6) is 34.5 Å². The number of ether oxygens (including phenoxy) is 6. The zero-order chi connectivity index (χ0) is 68.1. The van der Waals surface area contributed by atoms with Crippen molar-refractivity contribution in [3.05, 3.63) is 54.6 Å². The summed E-state index contributed by atoms with van der Waals surface area (Å²) in [5.74, 6) is -100.0. The molecule has 0 aromatic heterocycles. The number of hydrogen-bond acceptors (Lipinski definition) is 8. The van der Waals surface area contributed by atoms with E-state index < -0.39 is 153 Å². The summed E-state index contributed by atoms with van der Waals surface area (Å²) in [6, 6.07) is 8.86. The standard InChI is InChI=1S/C54H63F23O8S/c1-38(2,3)79-28-24-31(81-40(7,8)9)35(32(25-28)82-41(10,11)12)86(30-22-20-19-21-23-30,36-33(83-42(13,14)15)26-29(80-39(4,5)6)27-34(36)84-43(16,17)18)85-37(78)44(55,56)45(57,58)46(59,60)47(61,62)48(63,64)49(65,66)50(67,68)51(69,70)52(71,72)53(73,74)54(75,76)77/h19-27H,1-18H3. The summed E-state index contributed by atoms with van der Waals surface area (Å²) in [6.07, 6.45) is -8.23. The zero-order valence-electron chi connectivity index (χ0n) is 49.1. The quantitative estimate of drug-likeness (QED) is 0.104. The van der Waals surface area contributed by atoms with Crippen LogP contribution in [0.15, 0.2) is 69.3 Å². The Kier molecular flexibility index (Phi) is 19.4. The van der Waals surface area contributed by atoms with Gasteiger partial charge in [-0.3, -0.25) is 0 Å². The van der Waals surface area contributed by atoms with Crippen LogP contribution in [-0.4, -0.2) is 105 Å². The molecule has 8 nitrogen and oxygen atoms in total. The minimum Gasteiger partial charge on any atom is -0.488 e. The predicted octanol–water partition coefficient (Wildman–Crippen LogP) is 19.4. The van der Waals surface area contributed by atoms with Gasteiger partial charge in [-0.05, 0) is 137 Å². The first-order chi connectivity index (χ1) is 37.5. The molecule has 0 aliphatic carbocycles. The zero-order valence-corrected chi connectivity index (χ0v) is 49.9. The van der Waals surface area contributed by atoms with Gasteiger partial charge in [0.1, 0.15) is 77.9 Å². The van der Waals surface area contributed by atoms with Crippen LogP contribution in [0.25, 0.3) is 0 Å². The molecule has 0 spiro atoms. The molecule has 0 aliphatic heterocycles.